The Kier molecular flexibility index (Phi) is 4.48. The van der Waals surface area contributed by atoms with Crippen LogP contribution < -0.4 is 10.6 Å². The summed E-state index contributed by atoms with van der Waals surface area (Å²) in [5.74, 6) is 0.220. The van der Waals surface area contributed by atoms with E-state index >= 15 is 0 Å². The number of amides is 1. The Bertz CT molecular complexity index is 353. The fourth-order valence-corrected chi connectivity index (χ4v) is 1.99. The molecule has 1 atom stereocenters. The molecular weight excluding hydrogens is 228 g/mol. The summed E-state index contributed by atoms with van der Waals surface area (Å²) in [7, 11) is 1.78. The van der Waals surface area contributed by atoms with Crippen molar-refractivity contribution >= 4 is 22.6 Å². The number of hydrogen-bond acceptors (Lipinski definition) is 5. The van der Waals surface area contributed by atoms with Crippen molar-refractivity contribution in [2.24, 2.45) is 5.92 Å². The summed E-state index contributed by atoms with van der Waals surface area (Å²) in [5, 5.41) is 23.6. The van der Waals surface area contributed by atoms with Crippen molar-refractivity contribution in [3.05, 3.63) is 5.01 Å². The predicted octanol–water partition coefficient (Wildman–Crippen LogP) is 1.41. The van der Waals surface area contributed by atoms with Crippen LogP contribution in [0.2, 0.25) is 0 Å². The van der Waals surface area contributed by atoms with Gasteiger partial charge >= 0.3 is 6.09 Å². The van der Waals surface area contributed by atoms with Gasteiger partial charge in [0, 0.05) is 19.5 Å². The Morgan fingerprint density at radius 3 is 2.62 bits per heavy atom. The highest BCUT2D eigenvalue weighted by Gasteiger charge is 2.18. The average Bonchev–Trinajstić information content (AvgIpc) is 2.63. The van der Waals surface area contributed by atoms with Crippen LogP contribution in [0.15, 0.2) is 0 Å². The summed E-state index contributed by atoms with van der Waals surface area (Å²) in [6, 6.07) is -0.129. The summed E-state index contributed by atoms with van der Waals surface area (Å²) >= 11 is 1.44. The van der Waals surface area contributed by atoms with Crippen molar-refractivity contribution in [2.45, 2.75) is 26.3 Å². The van der Waals surface area contributed by atoms with Gasteiger partial charge in [-0.1, -0.05) is 25.2 Å². The van der Waals surface area contributed by atoms with Gasteiger partial charge in [0.05, 0.1) is 0 Å². The van der Waals surface area contributed by atoms with E-state index in [9.17, 15) is 4.79 Å². The highest BCUT2D eigenvalue weighted by Crippen LogP contribution is 2.17. The molecule has 6 nitrogen and oxygen atoms in total. The van der Waals surface area contributed by atoms with Crippen molar-refractivity contribution in [3.8, 4) is 0 Å². The Hall–Kier alpha value is -1.37. The van der Waals surface area contributed by atoms with Gasteiger partial charge in [-0.05, 0) is 5.92 Å². The first-order valence-corrected chi connectivity index (χ1v) is 5.84. The zero-order valence-corrected chi connectivity index (χ0v) is 10.3. The van der Waals surface area contributed by atoms with Crippen LogP contribution in [0, 0.1) is 5.92 Å². The molecule has 0 spiro atoms. The van der Waals surface area contributed by atoms with Crippen LogP contribution in [0.3, 0.4) is 0 Å². The average molecular weight is 244 g/mol. The first kappa shape index (κ1) is 12.7. The van der Waals surface area contributed by atoms with Crippen LogP contribution >= 0.6 is 11.3 Å². The molecular formula is C9H16N4O2S. The second kappa shape index (κ2) is 5.64. The van der Waals surface area contributed by atoms with Crippen LogP contribution in [-0.4, -0.2) is 34.5 Å². The molecule has 0 aliphatic rings. The van der Waals surface area contributed by atoms with Crippen LogP contribution in [-0.2, 0) is 6.42 Å². The van der Waals surface area contributed by atoms with E-state index in [1.165, 1.54) is 11.3 Å². The molecule has 1 rings (SSSR count). The van der Waals surface area contributed by atoms with Crippen molar-refractivity contribution in [1.82, 2.24) is 15.5 Å². The second-order valence-corrected chi connectivity index (χ2v) is 4.82. The van der Waals surface area contributed by atoms with Crippen LogP contribution in [0.1, 0.15) is 18.9 Å². The van der Waals surface area contributed by atoms with Crippen molar-refractivity contribution < 1.29 is 9.90 Å². The summed E-state index contributed by atoms with van der Waals surface area (Å²) < 4.78 is 0. The molecule has 1 aromatic rings. The monoisotopic (exact) mass is 244 g/mol. The lowest BCUT2D eigenvalue weighted by atomic mass is 10.0. The zero-order valence-electron chi connectivity index (χ0n) is 9.52. The van der Waals surface area contributed by atoms with E-state index in [0.29, 0.717) is 6.42 Å². The third kappa shape index (κ3) is 3.65. The number of anilines is 1. The van der Waals surface area contributed by atoms with Crippen molar-refractivity contribution in [3.63, 3.8) is 0 Å². The van der Waals surface area contributed by atoms with Crippen molar-refractivity contribution in [2.75, 3.05) is 12.4 Å². The number of rotatable bonds is 5. The molecule has 0 saturated heterocycles. The Morgan fingerprint density at radius 2 is 2.19 bits per heavy atom. The van der Waals surface area contributed by atoms with Gasteiger partial charge in [0.25, 0.3) is 0 Å². The van der Waals surface area contributed by atoms with Gasteiger partial charge in [-0.2, -0.15) is 0 Å². The molecule has 0 aliphatic heterocycles. The maximum atomic E-state index is 10.6. The normalized spacial score (nSPS) is 12.5. The minimum atomic E-state index is -1.00. The van der Waals surface area contributed by atoms with Gasteiger partial charge in [0.15, 0.2) is 0 Å². The van der Waals surface area contributed by atoms with Gasteiger partial charge in [0.1, 0.15) is 5.01 Å². The maximum absolute atomic E-state index is 10.6. The van der Waals surface area contributed by atoms with E-state index in [1.54, 1.807) is 7.05 Å². The van der Waals surface area contributed by atoms with E-state index in [-0.39, 0.29) is 12.0 Å². The minimum absolute atomic E-state index is 0.129. The van der Waals surface area contributed by atoms with Gasteiger partial charge in [-0.15, -0.1) is 10.2 Å². The molecule has 0 unspecified atom stereocenters. The summed E-state index contributed by atoms with van der Waals surface area (Å²) in [4.78, 5) is 10.6. The van der Waals surface area contributed by atoms with Gasteiger partial charge in [-0.3, -0.25) is 0 Å². The Labute approximate surface area is 98.1 Å². The van der Waals surface area contributed by atoms with Crippen LogP contribution in [0.5, 0.6) is 0 Å². The quantitative estimate of drug-likeness (QED) is 0.729. The van der Waals surface area contributed by atoms with E-state index in [1.807, 2.05) is 13.8 Å². The number of aromatic nitrogens is 2. The predicted molar refractivity (Wildman–Crippen MR) is 62.9 cm³/mol. The SMILES string of the molecule is CNc1nnc(C[C@@H](NC(=O)O)C(C)C)s1. The fraction of sp³-hybridized carbons (Fsp3) is 0.667. The molecule has 0 bridgehead atoms. The summed E-state index contributed by atoms with van der Waals surface area (Å²) in [6.45, 7) is 3.95. The molecule has 16 heavy (non-hydrogen) atoms. The maximum Gasteiger partial charge on any atom is 0.404 e. The first-order chi connectivity index (χ1) is 7.52. The number of nitrogens with one attached hydrogen (secondary N) is 2. The molecule has 1 amide bonds. The number of carbonyl (C=O) groups is 1. The molecule has 0 fully saturated rings. The largest absolute Gasteiger partial charge is 0.465 e. The molecule has 1 heterocycles. The topological polar surface area (TPSA) is 87.1 Å². The second-order valence-electron chi connectivity index (χ2n) is 3.76. The van der Waals surface area contributed by atoms with Gasteiger partial charge in [-0.25, -0.2) is 4.79 Å². The molecule has 0 saturated carbocycles. The lowest BCUT2D eigenvalue weighted by molar-refractivity contribution is 0.185. The van der Waals surface area contributed by atoms with E-state index in [0.717, 1.165) is 10.1 Å². The lowest BCUT2D eigenvalue weighted by Crippen LogP contribution is -2.39. The fourth-order valence-electron chi connectivity index (χ4n) is 1.24. The van der Waals surface area contributed by atoms with Gasteiger partial charge < -0.3 is 15.7 Å². The first-order valence-electron chi connectivity index (χ1n) is 5.02. The van der Waals surface area contributed by atoms with Gasteiger partial charge in [0.2, 0.25) is 5.13 Å². The summed E-state index contributed by atoms with van der Waals surface area (Å²) in [5.41, 5.74) is 0. The third-order valence-corrected chi connectivity index (χ3v) is 3.15. The van der Waals surface area contributed by atoms with Crippen molar-refractivity contribution in [1.29, 1.82) is 0 Å². The molecule has 0 aromatic carbocycles. The number of hydrogen-bond donors (Lipinski definition) is 3. The lowest BCUT2D eigenvalue weighted by Gasteiger charge is -2.18. The Morgan fingerprint density at radius 1 is 1.50 bits per heavy atom. The molecule has 1 aromatic heterocycles. The molecule has 3 N–H and O–H groups in total. The molecule has 90 valence electrons. The van der Waals surface area contributed by atoms with E-state index in [4.69, 9.17) is 5.11 Å². The Balaban J connectivity index is 2.63. The minimum Gasteiger partial charge on any atom is -0.465 e. The smallest absolute Gasteiger partial charge is 0.404 e. The highest BCUT2D eigenvalue weighted by molar-refractivity contribution is 7.15. The molecule has 7 heteroatoms. The summed E-state index contributed by atoms with van der Waals surface area (Å²) in [6.07, 6.45) is -0.430. The third-order valence-electron chi connectivity index (χ3n) is 2.19. The molecule has 0 aliphatic carbocycles. The number of nitrogens with zero attached hydrogens (tertiary/aromatic N) is 2. The van der Waals surface area contributed by atoms with Crippen LogP contribution in [0.4, 0.5) is 9.93 Å². The zero-order chi connectivity index (χ0) is 12.1. The van der Waals surface area contributed by atoms with E-state index in [2.05, 4.69) is 20.8 Å². The van der Waals surface area contributed by atoms with Crippen LogP contribution in [0.25, 0.3) is 0 Å². The highest BCUT2D eigenvalue weighted by atomic mass is 32.1. The van der Waals surface area contributed by atoms with E-state index < -0.39 is 6.09 Å². The standard InChI is InChI=1S/C9H16N4O2S/c1-5(2)6(11-9(14)15)4-7-12-13-8(10-3)16-7/h5-6,11H,4H2,1-3H3,(H,10,13)(H,14,15)/t6-/m1/s1. The number of carboxylic acid groups (broad SMARTS) is 1. The molecule has 0 radical (unpaired) electrons.